The maximum Gasteiger partial charge on any atom is 0.250 e. The van der Waals surface area contributed by atoms with Crippen LogP contribution in [-0.2, 0) is 14.8 Å². The minimum atomic E-state index is -3.35. The minimum absolute atomic E-state index is 0.342. The van der Waals surface area contributed by atoms with Crippen molar-refractivity contribution in [2.45, 2.75) is 23.1 Å². The Hall–Kier alpha value is -0.510. The number of thiophene rings is 1. The predicted octanol–water partition coefficient (Wildman–Crippen LogP) is 1.07. The van der Waals surface area contributed by atoms with Crippen LogP contribution < -0.4 is 4.72 Å². The van der Waals surface area contributed by atoms with Crippen molar-refractivity contribution in [3.63, 3.8) is 0 Å². The van der Waals surface area contributed by atoms with E-state index in [0.29, 0.717) is 16.8 Å². The summed E-state index contributed by atoms with van der Waals surface area (Å²) in [5.41, 5.74) is 0. The minimum Gasteiger partial charge on any atom is -0.379 e. The number of ether oxygens (including phenoxy) is 1. The smallest absolute Gasteiger partial charge is 0.250 e. The molecule has 6 nitrogen and oxygen atoms in total. The number of rotatable bonds is 6. The second kappa shape index (κ2) is 7.62. The Bertz CT molecular complexity index is 659. The highest BCUT2D eigenvalue weighted by Gasteiger charge is 2.40. The van der Waals surface area contributed by atoms with E-state index in [1.165, 1.54) is 17.8 Å². The van der Waals surface area contributed by atoms with Gasteiger partial charge >= 0.3 is 0 Å². The van der Waals surface area contributed by atoms with Gasteiger partial charge in [0.05, 0.1) is 13.2 Å². The molecular weight excluding hydrogens is 358 g/mol. The Morgan fingerprint density at radius 3 is 2.80 bits per heavy atom. The van der Waals surface area contributed by atoms with Gasteiger partial charge in [0.1, 0.15) is 4.21 Å². The van der Waals surface area contributed by atoms with Gasteiger partial charge in [-0.2, -0.15) is 0 Å². The van der Waals surface area contributed by atoms with Gasteiger partial charge in [-0.25, -0.2) is 13.1 Å². The second-order valence-electron chi connectivity index (χ2n) is 7.39. The third-order valence-corrected chi connectivity index (χ3v) is 8.70. The van der Waals surface area contributed by atoms with Gasteiger partial charge in [-0.3, -0.25) is 9.80 Å². The first-order valence-corrected chi connectivity index (χ1v) is 11.6. The van der Waals surface area contributed by atoms with E-state index in [4.69, 9.17) is 4.74 Å². The molecule has 1 unspecified atom stereocenters. The lowest BCUT2D eigenvalue weighted by Crippen LogP contribution is -2.58. The lowest BCUT2D eigenvalue weighted by Gasteiger charge is -2.51. The van der Waals surface area contributed by atoms with Crippen molar-refractivity contribution < 1.29 is 13.2 Å². The molecule has 0 aliphatic carbocycles. The molecule has 1 N–H and O–H groups in total. The number of hydrogen-bond donors (Lipinski definition) is 1. The average Bonchev–Trinajstić information content (AvgIpc) is 3.17. The highest BCUT2D eigenvalue weighted by molar-refractivity contribution is 7.91. The number of sulfonamides is 1. The molecule has 2 bridgehead atoms. The van der Waals surface area contributed by atoms with E-state index in [1.807, 2.05) is 0 Å². The first kappa shape index (κ1) is 17.9. The SMILES string of the molecule is O=S(=O)(NC[C@@H]1C[C@H]2CCN1C[C@@H]2CN1CCOCC1)c1cccs1. The van der Waals surface area contributed by atoms with Crippen molar-refractivity contribution in [3.05, 3.63) is 17.5 Å². The molecule has 1 aromatic heterocycles. The molecule has 4 atom stereocenters. The Balaban J connectivity index is 1.31. The summed E-state index contributed by atoms with van der Waals surface area (Å²) >= 11 is 1.27. The molecule has 1 aromatic rings. The van der Waals surface area contributed by atoms with Crippen LogP contribution in [0, 0.1) is 11.8 Å². The summed E-state index contributed by atoms with van der Waals surface area (Å²) in [5.74, 6) is 1.45. The van der Waals surface area contributed by atoms with E-state index < -0.39 is 10.0 Å². The fraction of sp³-hybridized carbons (Fsp3) is 0.765. The molecule has 25 heavy (non-hydrogen) atoms. The number of hydrogen-bond acceptors (Lipinski definition) is 6. The summed E-state index contributed by atoms with van der Waals surface area (Å²) < 4.78 is 33.3. The van der Waals surface area contributed by atoms with Crippen LogP contribution in [0.25, 0.3) is 0 Å². The molecule has 0 aromatic carbocycles. The van der Waals surface area contributed by atoms with Crippen LogP contribution in [0.15, 0.2) is 21.7 Å². The lowest BCUT2D eigenvalue weighted by molar-refractivity contribution is -0.0285. The van der Waals surface area contributed by atoms with E-state index in [1.54, 1.807) is 17.5 Å². The quantitative estimate of drug-likeness (QED) is 0.794. The van der Waals surface area contributed by atoms with E-state index in [9.17, 15) is 8.42 Å². The first-order chi connectivity index (χ1) is 12.1. The molecule has 0 spiro atoms. The summed E-state index contributed by atoms with van der Waals surface area (Å²) in [6.45, 7) is 7.71. The monoisotopic (exact) mass is 385 g/mol. The van der Waals surface area contributed by atoms with Gasteiger partial charge in [0, 0.05) is 38.8 Å². The maximum atomic E-state index is 12.3. The highest BCUT2D eigenvalue weighted by atomic mass is 32.2. The summed E-state index contributed by atoms with van der Waals surface area (Å²) in [5, 5.41) is 1.80. The molecule has 5 heterocycles. The topological polar surface area (TPSA) is 61.9 Å². The van der Waals surface area contributed by atoms with Crippen LogP contribution in [0.2, 0.25) is 0 Å². The lowest BCUT2D eigenvalue weighted by atomic mass is 9.75. The van der Waals surface area contributed by atoms with E-state index in [-0.39, 0.29) is 0 Å². The molecule has 4 aliphatic heterocycles. The van der Waals surface area contributed by atoms with Crippen LogP contribution in [-0.4, -0.2) is 76.7 Å². The van der Waals surface area contributed by atoms with Crippen molar-refractivity contribution in [1.82, 2.24) is 14.5 Å². The van der Waals surface area contributed by atoms with Crippen molar-refractivity contribution in [3.8, 4) is 0 Å². The molecule has 0 amide bonds. The van der Waals surface area contributed by atoms with Gasteiger partial charge in [-0.15, -0.1) is 11.3 Å². The molecule has 4 aliphatic rings. The normalized spacial score (nSPS) is 33.6. The van der Waals surface area contributed by atoms with E-state index in [2.05, 4.69) is 14.5 Å². The summed E-state index contributed by atoms with van der Waals surface area (Å²) in [7, 11) is -3.35. The van der Waals surface area contributed by atoms with Gasteiger partial charge in [0.2, 0.25) is 10.0 Å². The van der Waals surface area contributed by atoms with Crippen LogP contribution in [0.4, 0.5) is 0 Å². The zero-order chi connectivity index (χ0) is 17.3. The Morgan fingerprint density at radius 2 is 2.12 bits per heavy atom. The molecule has 0 saturated carbocycles. The number of morpholine rings is 1. The molecular formula is C17H27N3O3S2. The van der Waals surface area contributed by atoms with Gasteiger partial charge in [-0.1, -0.05) is 6.07 Å². The third kappa shape index (κ3) is 4.09. The summed E-state index contributed by atoms with van der Waals surface area (Å²) in [6.07, 6.45) is 2.37. The van der Waals surface area contributed by atoms with E-state index >= 15 is 0 Å². The number of fused-ring (bicyclic) bond motifs is 3. The zero-order valence-corrected chi connectivity index (χ0v) is 16.1. The van der Waals surface area contributed by atoms with Crippen LogP contribution in [0.5, 0.6) is 0 Å². The third-order valence-electron chi connectivity index (χ3n) is 5.88. The fourth-order valence-corrected chi connectivity index (χ4v) is 6.59. The number of piperidine rings is 3. The maximum absolute atomic E-state index is 12.3. The van der Waals surface area contributed by atoms with E-state index in [0.717, 1.165) is 64.2 Å². The van der Waals surface area contributed by atoms with Gasteiger partial charge in [0.15, 0.2) is 0 Å². The van der Waals surface area contributed by atoms with Gasteiger partial charge in [0.25, 0.3) is 0 Å². The van der Waals surface area contributed by atoms with Crippen LogP contribution in [0.3, 0.4) is 0 Å². The van der Waals surface area contributed by atoms with Crippen LogP contribution in [0.1, 0.15) is 12.8 Å². The number of nitrogens with one attached hydrogen (secondary N) is 1. The van der Waals surface area contributed by atoms with Crippen LogP contribution >= 0.6 is 11.3 Å². The predicted molar refractivity (Wildman–Crippen MR) is 98.3 cm³/mol. The number of nitrogens with zero attached hydrogens (tertiary/aromatic N) is 2. The first-order valence-electron chi connectivity index (χ1n) is 9.19. The Labute approximate surface area is 154 Å². The van der Waals surface area contributed by atoms with Gasteiger partial charge in [-0.05, 0) is 42.7 Å². The summed E-state index contributed by atoms with van der Waals surface area (Å²) in [6, 6.07) is 3.79. The molecule has 4 fully saturated rings. The average molecular weight is 386 g/mol. The van der Waals surface area contributed by atoms with Gasteiger partial charge < -0.3 is 4.74 Å². The second-order valence-corrected chi connectivity index (χ2v) is 10.3. The van der Waals surface area contributed by atoms with Crippen molar-refractivity contribution in [2.24, 2.45) is 11.8 Å². The summed E-state index contributed by atoms with van der Waals surface area (Å²) in [4.78, 5) is 5.03. The standard InChI is InChI=1S/C17H27N3O3S2/c21-25(22,17-2-1-9-24-17)18-11-16-10-14-3-4-20(16)13-15(14)12-19-5-7-23-8-6-19/h1-2,9,14-16,18H,3-8,10-13H2/t14-,15+,16+/m1/s1. The molecule has 8 heteroatoms. The van der Waals surface area contributed by atoms with Crippen molar-refractivity contribution in [2.75, 3.05) is 52.5 Å². The Morgan fingerprint density at radius 1 is 1.28 bits per heavy atom. The molecule has 140 valence electrons. The highest BCUT2D eigenvalue weighted by Crippen LogP contribution is 2.36. The zero-order valence-electron chi connectivity index (χ0n) is 14.5. The van der Waals surface area contributed by atoms with Crippen molar-refractivity contribution >= 4 is 21.4 Å². The largest absolute Gasteiger partial charge is 0.379 e. The molecule has 5 rings (SSSR count). The fourth-order valence-electron chi connectivity index (χ4n) is 4.48. The Kier molecular flexibility index (Phi) is 5.45. The molecule has 0 radical (unpaired) electrons. The van der Waals surface area contributed by atoms with Crippen molar-refractivity contribution in [1.29, 1.82) is 0 Å². The molecule has 4 saturated heterocycles.